The molecule has 2 amide bonds. The first-order valence-electron chi connectivity index (χ1n) is 11.4. The summed E-state index contributed by atoms with van der Waals surface area (Å²) in [4.78, 5) is 27.2. The summed E-state index contributed by atoms with van der Waals surface area (Å²) in [5, 5.41) is 0.389. The van der Waals surface area contributed by atoms with Crippen LogP contribution in [0.1, 0.15) is 22.5 Å². The van der Waals surface area contributed by atoms with Crippen molar-refractivity contribution in [3.8, 4) is 11.4 Å². The highest BCUT2D eigenvalue weighted by Crippen LogP contribution is 2.36. The summed E-state index contributed by atoms with van der Waals surface area (Å²) in [5.41, 5.74) is 5.37. The maximum Gasteiger partial charge on any atom is 0.298 e. The van der Waals surface area contributed by atoms with Crippen molar-refractivity contribution in [1.29, 1.82) is 0 Å². The van der Waals surface area contributed by atoms with Gasteiger partial charge in [-0.3, -0.25) is 9.59 Å². The largest absolute Gasteiger partial charge is 0.489 e. The highest BCUT2D eigenvalue weighted by atomic mass is 35.5. The number of anilines is 1. The molecule has 1 aliphatic heterocycles. The Morgan fingerprint density at radius 1 is 0.889 bits per heavy atom. The van der Waals surface area contributed by atoms with Crippen LogP contribution in [0.3, 0.4) is 0 Å². The van der Waals surface area contributed by atoms with Crippen LogP contribution in [0.2, 0.25) is 5.02 Å². The number of hydrogen-bond donors (Lipinski definition) is 0. The molecule has 3 aromatic carbocycles. The summed E-state index contributed by atoms with van der Waals surface area (Å²) in [6.45, 7) is 4.41. The van der Waals surface area contributed by atoms with E-state index in [9.17, 15) is 9.59 Å². The van der Waals surface area contributed by atoms with Gasteiger partial charge in [0.05, 0.1) is 10.6 Å². The van der Waals surface area contributed by atoms with Crippen molar-refractivity contribution in [2.24, 2.45) is 0 Å². The number of benzene rings is 3. The van der Waals surface area contributed by atoms with Crippen molar-refractivity contribution < 1.29 is 14.3 Å². The number of aromatic nitrogens is 1. The van der Waals surface area contributed by atoms with E-state index in [0.29, 0.717) is 22.2 Å². The number of carbonyl (C=O) groups excluding carboxylic acids is 2. The van der Waals surface area contributed by atoms with Crippen molar-refractivity contribution >= 4 is 46.3 Å². The van der Waals surface area contributed by atoms with Crippen LogP contribution in [-0.2, 0) is 11.4 Å². The van der Waals surface area contributed by atoms with Gasteiger partial charge in [-0.05, 0) is 85.8 Å². The van der Waals surface area contributed by atoms with Crippen LogP contribution in [-0.4, -0.2) is 15.7 Å². The van der Waals surface area contributed by atoms with E-state index in [1.165, 1.54) is 4.90 Å². The molecule has 0 aliphatic carbocycles. The molecule has 1 saturated heterocycles. The molecule has 0 atom stereocenters. The van der Waals surface area contributed by atoms with E-state index in [-0.39, 0.29) is 11.1 Å². The fourth-order valence-electron chi connectivity index (χ4n) is 4.21. The molecular formula is C29H23ClN2O3S. The number of imide groups is 1. The van der Waals surface area contributed by atoms with Crippen molar-refractivity contribution in [3.63, 3.8) is 0 Å². The van der Waals surface area contributed by atoms with Crippen molar-refractivity contribution in [2.75, 3.05) is 4.90 Å². The van der Waals surface area contributed by atoms with Crippen molar-refractivity contribution in [2.45, 2.75) is 20.5 Å². The fourth-order valence-corrected chi connectivity index (χ4v) is 5.23. The fraction of sp³-hybridized carbons (Fsp3) is 0.103. The van der Waals surface area contributed by atoms with Crippen LogP contribution in [0.5, 0.6) is 5.75 Å². The second kappa shape index (κ2) is 10.1. The third-order valence-electron chi connectivity index (χ3n) is 6.01. The zero-order chi connectivity index (χ0) is 25.2. The number of nitrogens with zero attached hydrogens (tertiary/aromatic N) is 2. The molecule has 1 aliphatic rings. The summed E-state index contributed by atoms with van der Waals surface area (Å²) in [7, 11) is 0. The number of thioether (sulfide) groups is 1. The summed E-state index contributed by atoms with van der Waals surface area (Å²) in [6, 6.07) is 26.5. The predicted octanol–water partition coefficient (Wildman–Crippen LogP) is 7.57. The third-order valence-corrected chi connectivity index (χ3v) is 7.25. The Morgan fingerprint density at radius 2 is 1.58 bits per heavy atom. The van der Waals surface area contributed by atoms with Crippen LogP contribution in [0.15, 0.2) is 89.8 Å². The molecule has 180 valence electrons. The summed E-state index contributed by atoms with van der Waals surface area (Å²) in [6.07, 6.45) is 1.80. The quantitative estimate of drug-likeness (QED) is 0.249. The molecule has 5 nitrogen and oxygen atoms in total. The van der Waals surface area contributed by atoms with E-state index in [2.05, 4.69) is 4.57 Å². The van der Waals surface area contributed by atoms with E-state index in [0.717, 1.165) is 45.7 Å². The normalized spacial score (nSPS) is 14.6. The summed E-state index contributed by atoms with van der Waals surface area (Å²) >= 11 is 7.18. The van der Waals surface area contributed by atoms with Crippen LogP contribution in [0, 0.1) is 13.8 Å². The topological polar surface area (TPSA) is 51.5 Å². The Morgan fingerprint density at radius 3 is 2.31 bits per heavy atom. The van der Waals surface area contributed by atoms with Crippen LogP contribution < -0.4 is 9.64 Å². The molecule has 0 N–H and O–H groups in total. The first-order chi connectivity index (χ1) is 17.4. The van der Waals surface area contributed by atoms with Gasteiger partial charge < -0.3 is 9.30 Å². The predicted molar refractivity (Wildman–Crippen MR) is 146 cm³/mol. The molecule has 0 radical (unpaired) electrons. The molecule has 0 spiro atoms. The molecule has 4 aromatic rings. The molecular weight excluding hydrogens is 492 g/mol. The lowest BCUT2D eigenvalue weighted by Crippen LogP contribution is -2.27. The molecule has 0 unspecified atom stereocenters. The van der Waals surface area contributed by atoms with Crippen LogP contribution in [0.4, 0.5) is 10.5 Å². The summed E-state index contributed by atoms with van der Waals surface area (Å²) in [5.74, 6) is 0.442. The number of amides is 2. The Labute approximate surface area is 219 Å². The van der Waals surface area contributed by atoms with Gasteiger partial charge in [-0.25, -0.2) is 4.90 Å². The van der Waals surface area contributed by atoms with Crippen LogP contribution >= 0.6 is 23.4 Å². The lowest BCUT2D eigenvalue weighted by atomic mass is 10.2. The average molecular weight is 515 g/mol. The monoisotopic (exact) mass is 514 g/mol. The van der Waals surface area contributed by atoms with Gasteiger partial charge in [-0.1, -0.05) is 48.0 Å². The summed E-state index contributed by atoms with van der Waals surface area (Å²) < 4.78 is 8.02. The minimum atomic E-state index is -0.305. The first-order valence-corrected chi connectivity index (χ1v) is 12.6. The lowest BCUT2D eigenvalue weighted by molar-refractivity contribution is -0.113. The number of halogens is 1. The van der Waals surface area contributed by atoms with Crippen molar-refractivity contribution in [1.82, 2.24) is 4.57 Å². The standard InChI is InChI=1S/C29H23ClN2O3S/c1-19-16-22(17-27-28(33)32(29(34)36-27)23-9-4-3-5-10-23)20(2)31(19)24-12-14-25(15-13-24)35-18-21-8-6-7-11-26(21)30/h3-17H,18H2,1-2H3/b27-17-. The third kappa shape index (κ3) is 4.70. The smallest absolute Gasteiger partial charge is 0.298 e. The van der Waals surface area contributed by atoms with Gasteiger partial charge in [0, 0.05) is 27.7 Å². The number of carbonyl (C=O) groups is 2. The van der Waals surface area contributed by atoms with E-state index in [4.69, 9.17) is 16.3 Å². The second-order valence-corrected chi connectivity index (χ2v) is 9.79. The van der Waals surface area contributed by atoms with E-state index >= 15 is 0 Å². The SMILES string of the molecule is Cc1cc(/C=C2\SC(=O)N(c3ccccc3)C2=O)c(C)n1-c1ccc(OCc2ccccc2Cl)cc1. The lowest BCUT2D eigenvalue weighted by Gasteiger charge is -2.12. The zero-order valence-electron chi connectivity index (χ0n) is 19.8. The molecule has 0 saturated carbocycles. The van der Waals surface area contributed by atoms with Gasteiger partial charge in [-0.15, -0.1) is 0 Å². The Hall–Kier alpha value is -3.74. The van der Waals surface area contributed by atoms with E-state index in [1.54, 1.807) is 18.2 Å². The molecule has 1 fully saturated rings. The molecule has 1 aromatic heterocycles. The first kappa shape index (κ1) is 24.0. The van der Waals surface area contributed by atoms with Gasteiger partial charge in [0.1, 0.15) is 12.4 Å². The van der Waals surface area contributed by atoms with Gasteiger partial charge in [0.15, 0.2) is 0 Å². The number of ether oxygens (including phenoxy) is 1. The molecule has 0 bridgehead atoms. The van der Waals surface area contributed by atoms with Crippen LogP contribution in [0.25, 0.3) is 11.8 Å². The van der Waals surface area contributed by atoms with E-state index < -0.39 is 0 Å². The Balaban J connectivity index is 1.36. The maximum absolute atomic E-state index is 13.0. The maximum atomic E-state index is 13.0. The second-order valence-electron chi connectivity index (χ2n) is 8.39. The number of para-hydroxylation sites is 1. The van der Waals surface area contributed by atoms with Gasteiger partial charge >= 0.3 is 0 Å². The minimum absolute atomic E-state index is 0.293. The van der Waals surface area contributed by atoms with Gasteiger partial charge in [-0.2, -0.15) is 0 Å². The molecule has 36 heavy (non-hydrogen) atoms. The molecule has 2 heterocycles. The molecule has 5 rings (SSSR count). The number of hydrogen-bond acceptors (Lipinski definition) is 4. The number of aryl methyl sites for hydroxylation is 1. The van der Waals surface area contributed by atoms with Gasteiger partial charge in [0.2, 0.25) is 0 Å². The van der Waals surface area contributed by atoms with E-state index in [1.807, 2.05) is 86.6 Å². The number of rotatable bonds is 6. The molecule has 7 heteroatoms. The highest BCUT2D eigenvalue weighted by molar-refractivity contribution is 8.19. The average Bonchev–Trinajstić information content (AvgIpc) is 3.32. The highest BCUT2D eigenvalue weighted by Gasteiger charge is 2.36. The zero-order valence-corrected chi connectivity index (χ0v) is 21.3. The van der Waals surface area contributed by atoms with Crippen molar-refractivity contribution in [3.05, 3.63) is 117 Å². The Kier molecular flexibility index (Phi) is 6.72. The van der Waals surface area contributed by atoms with Gasteiger partial charge in [0.25, 0.3) is 11.1 Å². The minimum Gasteiger partial charge on any atom is -0.489 e. The Bertz CT molecular complexity index is 1480.